The molecule has 6 nitrogen and oxygen atoms in total. The summed E-state index contributed by atoms with van der Waals surface area (Å²) in [6, 6.07) is 12.1. The van der Waals surface area contributed by atoms with Crippen LogP contribution in [0.4, 0.5) is 17.2 Å². The summed E-state index contributed by atoms with van der Waals surface area (Å²) >= 11 is 0. The van der Waals surface area contributed by atoms with Gasteiger partial charge in [0.15, 0.2) is 0 Å². The Balaban J connectivity index is 2.22. The van der Waals surface area contributed by atoms with Crippen LogP contribution in [-0.2, 0) is 6.42 Å². The van der Waals surface area contributed by atoms with Crippen molar-refractivity contribution >= 4 is 17.2 Å². The molecule has 19 heavy (non-hydrogen) atoms. The van der Waals surface area contributed by atoms with Crippen molar-refractivity contribution in [1.29, 1.82) is 5.26 Å². The molecule has 0 spiro atoms. The van der Waals surface area contributed by atoms with Crippen molar-refractivity contribution in [2.75, 3.05) is 5.32 Å². The zero-order chi connectivity index (χ0) is 13.7. The van der Waals surface area contributed by atoms with Crippen LogP contribution in [0.15, 0.2) is 42.6 Å². The third-order valence-corrected chi connectivity index (χ3v) is 2.48. The fourth-order valence-electron chi connectivity index (χ4n) is 1.57. The van der Waals surface area contributed by atoms with E-state index in [-0.39, 0.29) is 11.5 Å². The summed E-state index contributed by atoms with van der Waals surface area (Å²) in [5.74, 6) is 0.195. The Hall–Kier alpha value is -2.94. The Bertz CT molecular complexity index is 632. The lowest BCUT2D eigenvalue weighted by molar-refractivity contribution is -0.384. The van der Waals surface area contributed by atoms with Gasteiger partial charge in [-0.1, -0.05) is 12.1 Å². The monoisotopic (exact) mass is 254 g/mol. The van der Waals surface area contributed by atoms with Gasteiger partial charge in [-0.05, 0) is 23.8 Å². The Kier molecular flexibility index (Phi) is 3.69. The molecule has 0 bridgehead atoms. The standard InChI is InChI=1S/C13H10N4O2/c14-8-7-10-3-5-11(6-4-10)16-13-12(17(18)19)2-1-9-15-13/h1-6,9H,7H2,(H,15,16). The number of aromatic nitrogens is 1. The lowest BCUT2D eigenvalue weighted by Gasteiger charge is -2.06. The molecule has 0 aliphatic rings. The van der Waals surface area contributed by atoms with Crippen molar-refractivity contribution in [3.05, 3.63) is 58.3 Å². The predicted molar refractivity (Wildman–Crippen MR) is 69.9 cm³/mol. The van der Waals surface area contributed by atoms with Crippen molar-refractivity contribution in [2.45, 2.75) is 6.42 Å². The number of nitro groups is 1. The summed E-state index contributed by atoms with van der Waals surface area (Å²) in [5.41, 5.74) is 1.50. The molecule has 0 amide bonds. The first-order chi connectivity index (χ1) is 9.20. The van der Waals surface area contributed by atoms with Crippen LogP contribution < -0.4 is 5.32 Å². The zero-order valence-corrected chi connectivity index (χ0v) is 9.91. The molecule has 0 aliphatic carbocycles. The molecule has 1 heterocycles. The SMILES string of the molecule is N#CCc1ccc(Nc2ncccc2[N+](=O)[O-])cc1. The van der Waals surface area contributed by atoms with Gasteiger partial charge in [-0.3, -0.25) is 10.1 Å². The normalized spacial score (nSPS) is 9.63. The number of nitriles is 1. The summed E-state index contributed by atoms with van der Waals surface area (Å²) < 4.78 is 0. The number of hydrogen-bond acceptors (Lipinski definition) is 5. The maximum atomic E-state index is 10.8. The summed E-state index contributed by atoms with van der Waals surface area (Å²) in [7, 11) is 0. The third-order valence-electron chi connectivity index (χ3n) is 2.48. The number of benzene rings is 1. The van der Waals surface area contributed by atoms with Gasteiger partial charge in [-0.15, -0.1) is 0 Å². The maximum absolute atomic E-state index is 10.8. The van der Waals surface area contributed by atoms with E-state index in [9.17, 15) is 10.1 Å². The van der Waals surface area contributed by atoms with E-state index in [0.29, 0.717) is 12.1 Å². The molecular formula is C13H10N4O2. The summed E-state index contributed by atoms with van der Waals surface area (Å²) in [6.07, 6.45) is 1.82. The van der Waals surface area contributed by atoms with Gasteiger partial charge >= 0.3 is 5.69 Å². The van der Waals surface area contributed by atoms with E-state index in [4.69, 9.17) is 5.26 Å². The van der Waals surface area contributed by atoms with Crippen LogP contribution in [0.2, 0.25) is 0 Å². The predicted octanol–water partition coefficient (Wildman–Crippen LogP) is 2.80. The van der Waals surface area contributed by atoms with E-state index >= 15 is 0 Å². The minimum atomic E-state index is -0.487. The van der Waals surface area contributed by atoms with Crippen molar-refractivity contribution in [3.8, 4) is 6.07 Å². The first-order valence-electron chi connectivity index (χ1n) is 5.53. The average molecular weight is 254 g/mol. The van der Waals surface area contributed by atoms with E-state index < -0.39 is 4.92 Å². The Morgan fingerprint density at radius 2 is 2.05 bits per heavy atom. The molecule has 0 unspecified atom stereocenters. The van der Waals surface area contributed by atoms with Crippen LogP contribution in [0, 0.1) is 21.4 Å². The van der Waals surface area contributed by atoms with Gasteiger partial charge in [-0.25, -0.2) is 4.98 Å². The molecule has 6 heteroatoms. The van der Waals surface area contributed by atoms with Crippen LogP contribution in [0.1, 0.15) is 5.56 Å². The van der Waals surface area contributed by atoms with E-state index in [1.165, 1.54) is 18.3 Å². The van der Waals surface area contributed by atoms with E-state index in [1.807, 2.05) is 0 Å². The minimum absolute atomic E-state index is 0.0800. The van der Waals surface area contributed by atoms with E-state index in [1.54, 1.807) is 24.3 Å². The highest BCUT2D eigenvalue weighted by Gasteiger charge is 2.13. The molecule has 2 rings (SSSR count). The zero-order valence-electron chi connectivity index (χ0n) is 9.91. The maximum Gasteiger partial charge on any atom is 0.311 e. The molecule has 0 atom stereocenters. The average Bonchev–Trinajstić information content (AvgIpc) is 2.42. The van der Waals surface area contributed by atoms with Gasteiger partial charge < -0.3 is 5.32 Å². The first-order valence-corrected chi connectivity index (χ1v) is 5.53. The molecule has 0 saturated heterocycles. The number of nitrogens with one attached hydrogen (secondary N) is 1. The smallest absolute Gasteiger partial charge is 0.311 e. The van der Waals surface area contributed by atoms with Gasteiger partial charge in [0, 0.05) is 18.0 Å². The van der Waals surface area contributed by atoms with Gasteiger partial charge in [0.1, 0.15) is 0 Å². The van der Waals surface area contributed by atoms with Crippen molar-refractivity contribution in [1.82, 2.24) is 4.98 Å². The third kappa shape index (κ3) is 3.04. The fourth-order valence-corrected chi connectivity index (χ4v) is 1.57. The van der Waals surface area contributed by atoms with Gasteiger partial charge in [0.25, 0.3) is 0 Å². The lowest BCUT2D eigenvalue weighted by atomic mass is 10.1. The summed E-state index contributed by atoms with van der Waals surface area (Å²) in [4.78, 5) is 14.3. The Morgan fingerprint density at radius 1 is 1.32 bits per heavy atom. The number of nitrogens with zero attached hydrogens (tertiary/aromatic N) is 3. The number of hydrogen-bond donors (Lipinski definition) is 1. The second-order valence-electron chi connectivity index (χ2n) is 3.79. The second-order valence-corrected chi connectivity index (χ2v) is 3.79. The fraction of sp³-hybridized carbons (Fsp3) is 0.0769. The molecule has 94 valence electrons. The Morgan fingerprint density at radius 3 is 2.68 bits per heavy atom. The van der Waals surface area contributed by atoms with Crippen LogP contribution in [0.25, 0.3) is 0 Å². The highest BCUT2D eigenvalue weighted by Crippen LogP contribution is 2.24. The number of anilines is 2. The molecule has 2 aromatic rings. The molecule has 0 fully saturated rings. The topological polar surface area (TPSA) is 91.8 Å². The molecule has 0 saturated carbocycles. The summed E-state index contributed by atoms with van der Waals surface area (Å²) in [6.45, 7) is 0. The van der Waals surface area contributed by atoms with Crippen LogP contribution in [0.5, 0.6) is 0 Å². The van der Waals surface area contributed by atoms with E-state index in [2.05, 4.69) is 16.4 Å². The number of pyridine rings is 1. The van der Waals surface area contributed by atoms with Crippen LogP contribution in [-0.4, -0.2) is 9.91 Å². The Labute approximate surface area is 109 Å². The van der Waals surface area contributed by atoms with Crippen LogP contribution in [0.3, 0.4) is 0 Å². The first kappa shape index (κ1) is 12.5. The highest BCUT2D eigenvalue weighted by molar-refractivity contribution is 5.65. The van der Waals surface area contributed by atoms with Crippen molar-refractivity contribution in [3.63, 3.8) is 0 Å². The quantitative estimate of drug-likeness (QED) is 0.669. The van der Waals surface area contributed by atoms with Crippen molar-refractivity contribution < 1.29 is 4.92 Å². The molecule has 1 aromatic heterocycles. The summed E-state index contributed by atoms with van der Waals surface area (Å²) in [5, 5.41) is 22.3. The van der Waals surface area contributed by atoms with Gasteiger partial charge in [0.05, 0.1) is 17.4 Å². The van der Waals surface area contributed by atoms with Crippen LogP contribution >= 0.6 is 0 Å². The highest BCUT2D eigenvalue weighted by atomic mass is 16.6. The van der Waals surface area contributed by atoms with Crippen molar-refractivity contribution in [2.24, 2.45) is 0 Å². The minimum Gasteiger partial charge on any atom is -0.334 e. The largest absolute Gasteiger partial charge is 0.334 e. The van der Waals surface area contributed by atoms with Gasteiger partial charge in [-0.2, -0.15) is 5.26 Å². The number of rotatable bonds is 4. The molecule has 0 aliphatic heterocycles. The lowest BCUT2D eigenvalue weighted by Crippen LogP contribution is -1.99. The second kappa shape index (κ2) is 5.60. The van der Waals surface area contributed by atoms with E-state index in [0.717, 1.165) is 5.56 Å². The molecule has 1 aromatic carbocycles. The molecule has 0 radical (unpaired) electrons. The van der Waals surface area contributed by atoms with Gasteiger partial charge in [0.2, 0.25) is 5.82 Å². The molecule has 1 N–H and O–H groups in total. The molecular weight excluding hydrogens is 244 g/mol.